The van der Waals surface area contributed by atoms with Gasteiger partial charge in [0.2, 0.25) is 5.82 Å². The number of carbonyl (C=O) groups is 1. The molecule has 4 nitrogen and oxygen atoms in total. The highest BCUT2D eigenvalue weighted by molar-refractivity contribution is 5.81. The molecule has 0 aromatic heterocycles. The summed E-state index contributed by atoms with van der Waals surface area (Å²) >= 11 is 0. The third kappa shape index (κ3) is 3.15. The van der Waals surface area contributed by atoms with E-state index in [4.69, 9.17) is 9.47 Å². The van der Waals surface area contributed by atoms with E-state index < -0.39 is 17.2 Å². The van der Waals surface area contributed by atoms with Gasteiger partial charge in [0.1, 0.15) is 11.6 Å². The van der Waals surface area contributed by atoms with Crippen LogP contribution in [0, 0.1) is 11.6 Å². The summed E-state index contributed by atoms with van der Waals surface area (Å²) < 4.78 is 37.1. The van der Waals surface area contributed by atoms with Crippen molar-refractivity contribution in [1.82, 2.24) is 5.32 Å². The fourth-order valence-corrected chi connectivity index (χ4v) is 2.81. The molecule has 2 rings (SSSR count). The van der Waals surface area contributed by atoms with Crippen LogP contribution < -0.4 is 10.1 Å². The average molecular weight is 299 g/mol. The van der Waals surface area contributed by atoms with Crippen LogP contribution in [0.1, 0.15) is 26.2 Å². The summed E-state index contributed by atoms with van der Waals surface area (Å²) in [5.74, 6) is -2.43. The van der Waals surface area contributed by atoms with Gasteiger partial charge < -0.3 is 14.8 Å². The van der Waals surface area contributed by atoms with Crippen molar-refractivity contribution in [2.24, 2.45) is 0 Å². The Morgan fingerprint density at radius 2 is 2.24 bits per heavy atom. The second-order valence-electron chi connectivity index (χ2n) is 5.14. The molecule has 21 heavy (non-hydrogen) atoms. The van der Waals surface area contributed by atoms with Gasteiger partial charge in [-0.1, -0.05) is 13.0 Å². The van der Waals surface area contributed by atoms with Gasteiger partial charge in [-0.25, -0.2) is 4.39 Å². The summed E-state index contributed by atoms with van der Waals surface area (Å²) in [5.41, 5.74) is -0.808. The number of ether oxygens (including phenoxy) is 2. The topological polar surface area (TPSA) is 47.6 Å². The molecular formula is C15H19F2NO3. The summed E-state index contributed by atoms with van der Waals surface area (Å²) in [6.45, 7) is 2.50. The molecule has 1 saturated carbocycles. The van der Waals surface area contributed by atoms with Crippen LogP contribution in [0.3, 0.4) is 0 Å². The molecule has 6 heteroatoms. The molecule has 0 amide bonds. The number of hydrogen-bond acceptors (Lipinski definition) is 4. The van der Waals surface area contributed by atoms with Crippen LogP contribution in [0.15, 0.2) is 18.2 Å². The largest absolute Gasteiger partial charge is 0.487 e. The Bertz CT molecular complexity index is 524. The molecule has 1 aliphatic carbocycles. The maximum Gasteiger partial charge on any atom is 0.326 e. The van der Waals surface area contributed by atoms with Gasteiger partial charge in [0.05, 0.1) is 7.11 Å². The predicted molar refractivity (Wildman–Crippen MR) is 73.0 cm³/mol. The fraction of sp³-hybridized carbons (Fsp3) is 0.533. The van der Waals surface area contributed by atoms with Crippen molar-refractivity contribution in [2.45, 2.75) is 37.8 Å². The Hall–Kier alpha value is -1.69. The molecule has 0 heterocycles. The lowest BCUT2D eigenvalue weighted by Crippen LogP contribution is -2.51. The van der Waals surface area contributed by atoms with E-state index in [0.29, 0.717) is 25.8 Å². The molecule has 2 atom stereocenters. The second-order valence-corrected chi connectivity index (χ2v) is 5.14. The molecule has 1 aromatic carbocycles. The molecule has 1 N–H and O–H groups in total. The van der Waals surface area contributed by atoms with Crippen molar-refractivity contribution in [2.75, 3.05) is 13.7 Å². The van der Waals surface area contributed by atoms with Crippen LogP contribution in [0.5, 0.6) is 5.75 Å². The highest BCUT2D eigenvalue weighted by atomic mass is 19.2. The molecule has 0 bridgehead atoms. The monoisotopic (exact) mass is 299 g/mol. The Morgan fingerprint density at radius 3 is 2.90 bits per heavy atom. The number of hydrogen-bond donors (Lipinski definition) is 1. The van der Waals surface area contributed by atoms with Crippen LogP contribution in [-0.2, 0) is 9.53 Å². The zero-order chi connectivity index (χ0) is 15.5. The lowest BCUT2D eigenvalue weighted by molar-refractivity contribution is -0.148. The second kappa shape index (κ2) is 6.39. The van der Waals surface area contributed by atoms with Gasteiger partial charge >= 0.3 is 5.97 Å². The first kappa shape index (κ1) is 15.7. The molecule has 1 aromatic rings. The van der Waals surface area contributed by atoms with Crippen LogP contribution in [0.25, 0.3) is 0 Å². The van der Waals surface area contributed by atoms with Crippen molar-refractivity contribution in [3.8, 4) is 5.75 Å². The van der Waals surface area contributed by atoms with Crippen molar-refractivity contribution in [3.63, 3.8) is 0 Å². The molecule has 0 spiro atoms. The van der Waals surface area contributed by atoms with Crippen molar-refractivity contribution in [3.05, 3.63) is 29.8 Å². The van der Waals surface area contributed by atoms with E-state index in [1.165, 1.54) is 19.2 Å². The van der Waals surface area contributed by atoms with Gasteiger partial charge in [0, 0.05) is 6.42 Å². The van der Waals surface area contributed by atoms with E-state index in [2.05, 4.69) is 5.32 Å². The van der Waals surface area contributed by atoms with Crippen LogP contribution in [-0.4, -0.2) is 31.3 Å². The lowest BCUT2D eigenvalue weighted by atomic mass is 9.97. The minimum Gasteiger partial charge on any atom is -0.487 e. The highest BCUT2D eigenvalue weighted by Crippen LogP contribution is 2.34. The normalized spacial score (nSPS) is 24.9. The SMILES string of the molecule is CCNC1(C(=O)OC)CCC(Oc2cccc(F)c2F)C1. The number of nitrogens with one attached hydrogen (secondary N) is 1. The fourth-order valence-electron chi connectivity index (χ4n) is 2.81. The number of benzene rings is 1. The Labute approximate surface area is 122 Å². The lowest BCUT2D eigenvalue weighted by Gasteiger charge is -2.27. The number of likely N-dealkylation sites (N-methyl/N-ethyl adjacent to an activating group) is 1. The maximum absolute atomic E-state index is 13.6. The Kier molecular flexibility index (Phi) is 4.77. The molecular weight excluding hydrogens is 280 g/mol. The minimum atomic E-state index is -1.00. The number of methoxy groups -OCH3 is 1. The van der Waals surface area contributed by atoms with E-state index in [9.17, 15) is 13.6 Å². The van der Waals surface area contributed by atoms with Gasteiger partial charge in [-0.3, -0.25) is 4.79 Å². The van der Waals surface area contributed by atoms with Gasteiger partial charge in [0.15, 0.2) is 11.6 Å². The average Bonchev–Trinajstić information content (AvgIpc) is 2.88. The van der Waals surface area contributed by atoms with E-state index >= 15 is 0 Å². The number of esters is 1. The first-order valence-electron chi connectivity index (χ1n) is 6.96. The predicted octanol–water partition coefficient (Wildman–Crippen LogP) is 2.42. The smallest absolute Gasteiger partial charge is 0.326 e. The first-order valence-corrected chi connectivity index (χ1v) is 6.96. The van der Waals surface area contributed by atoms with E-state index in [0.717, 1.165) is 6.07 Å². The van der Waals surface area contributed by atoms with Crippen LogP contribution in [0.2, 0.25) is 0 Å². The molecule has 116 valence electrons. The standard InChI is InChI=1S/C15H19F2NO3/c1-3-18-15(14(19)20-2)8-7-10(9-15)21-12-6-4-5-11(16)13(12)17/h4-6,10,18H,3,7-9H2,1-2H3. The minimum absolute atomic E-state index is 0.128. The Balaban J connectivity index is 2.10. The van der Waals surface area contributed by atoms with Crippen molar-refractivity contribution < 1.29 is 23.0 Å². The van der Waals surface area contributed by atoms with Crippen LogP contribution in [0.4, 0.5) is 8.78 Å². The van der Waals surface area contributed by atoms with Crippen molar-refractivity contribution >= 4 is 5.97 Å². The summed E-state index contributed by atoms with van der Waals surface area (Å²) in [4.78, 5) is 12.0. The number of rotatable bonds is 5. The Morgan fingerprint density at radius 1 is 1.48 bits per heavy atom. The summed E-state index contributed by atoms with van der Waals surface area (Å²) in [6.07, 6.45) is 1.11. The zero-order valence-corrected chi connectivity index (χ0v) is 12.1. The summed E-state index contributed by atoms with van der Waals surface area (Å²) in [5, 5.41) is 3.13. The van der Waals surface area contributed by atoms with Gasteiger partial charge in [-0.15, -0.1) is 0 Å². The quantitative estimate of drug-likeness (QED) is 0.848. The first-order chi connectivity index (χ1) is 10.0. The van der Waals surface area contributed by atoms with E-state index in [-0.39, 0.29) is 17.8 Å². The van der Waals surface area contributed by atoms with E-state index in [1.54, 1.807) is 0 Å². The van der Waals surface area contributed by atoms with Gasteiger partial charge in [0.25, 0.3) is 0 Å². The maximum atomic E-state index is 13.6. The molecule has 0 radical (unpaired) electrons. The van der Waals surface area contributed by atoms with Crippen LogP contribution >= 0.6 is 0 Å². The molecule has 1 fully saturated rings. The number of carbonyl (C=O) groups excluding carboxylic acids is 1. The highest BCUT2D eigenvalue weighted by Gasteiger charge is 2.46. The number of halogens is 2. The molecule has 0 aliphatic heterocycles. The summed E-state index contributed by atoms with van der Waals surface area (Å²) in [6, 6.07) is 3.80. The molecule has 2 unspecified atom stereocenters. The van der Waals surface area contributed by atoms with Gasteiger partial charge in [-0.2, -0.15) is 4.39 Å². The third-order valence-corrected chi connectivity index (χ3v) is 3.77. The zero-order valence-electron chi connectivity index (χ0n) is 12.1. The van der Waals surface area contributed by atoms with Gasteiger partial charge in [-0.05, 0) is 31.5 Å². The van der Waals surface area contributed by atoms with E-state index in [1.807, 2.05) is 6.92 Å². The molecule has 0 saturated heterocycles. The molecule has 1 aliphatic rings. The summed E-state index contributed by atoms with van der Waals surface area (Å²) in [7, 11) is 1.34. The van der Waals surface area contributed by atoms with Crippen molar-refractivity contribution in [1.29, 1.82) is 0 Å². The third-order valence-electron chi connectivity index (χ3n) is 3.77.